The molecule has 2 aliphatic rings. The van der Waals surface area contributed by atoms with Gasteiger partial charge in [0.1, 0.15) is 6.73 Å². The van der Waals surface area contributed by atoms with Crippen LogP contribution in [-0.2, 0) is 19.2 Å². The lowest BCUT2D eigenvalue weighted by Crippen LogP contribution is -2.32. The summed E-state index contributed by atoms with van der Waals surface area (Å²) in [5.41, 5.74) is -0.332. The third-order valence-electron chi connectivity index (χ3n) is 2.20. The van der Waals surface area contributed by atoms with Crippen molar-refractivity contribution in [2.45, 2.75) is 0 Å². The fraction of sp³-hybridized carbons (Fsp3) is 0.111. The molecule has 0 aromatic carbocycles. The van der Waals surface area contributed by atoms with Crippen LogP contribution in [0.15, 0.2) is 23.3 Å². The first-order valence-corrected chi connectivity index (χ1v) is 4.30. The fourth-order valence-corrected chi connectivity index (χ4v) is 1.45. The van der Waals surface area contributed by atoms with E-state index in [9.17, 15) is 19.2 Å². The maximum atomic E-state index is 11.5. The molecule has 0 aliphatic carbocycles. The first kappa shape index (κ1) is 10.2. The van der Waals surface area contributed by atoms with Gasteiger partial charge >= 0.3 is 0 Å². The summed E-state index contributed by atoms with van der Waals surface area (Å²) in [5, 5.41) is 10.7. The Hall–Kier alpha value is -2.28. The van der Waals surface area contributed by atoms with E-state index in [0.717, 1.165) is 12.2 Å². The minimum atomic E-state index is -0.788. The van der Waals surface area contributed by atoms with Gasteiger partial charge in [0.15, 0.2) is 0 Å². The molecule has 16 heavy (non-hydrogen) atoms. The summed E-state index contributed by atoms with van der Waals surface area (Å²) in [6.07, 6.45) is 1.86. The predicted octanol–water partition coefficient (Wildman–Crippen LogP) is -2.19. The number of nitrogens with one attached hydrogen (secondary N) is 1. The molecule has 0 unspecified atom stereocenters. The molecule has 0 aromatic heterocycles. The summed E-state index contributed by atoms with van der Waals surface area (Å²) >= 11 is 0. The standard InChI is InChI=1S/C9H6N2O5/c12-3-11-7(14)2-5(9(11)16)4-1-6(13)10-8(4)15/h1-2,12H,3H2,(H,10,13,15). The molecule has 7 heteroatoms. The van der Waals surface area contributed by atoms with E-state index in [4.69, 9.17) is 5.11 Å². The third kappa shape index (κ3) is 1.34. The molecule has 0 atom stereocenters. The summed E-state index contributed by atoms with van der Waals surface area (Å²) in [6, 6.07) is 0. The number of nitrogens with zero attached hydrogens (tertiary/aromatic N) is 1. The Labute approximate surface area is 89.0 Å². The minimum absolute atomic E-state index is 0.153. The van der Waals surface area contributed by atoms with Gasteiger partial charge in [-0.05, 0) is 0 Å². The topological polar surface area (TPSA) is 104 Å². The first-order valence-electron chi connectivity index (χ1n) is 4.30. The van der Waals surface area contributed by atoms with Crippen LogP contribution in [0.1, 0.15) is 0 Å². The number of hydrogen-bond donors (Lipinski definition) is 2. The zero-order valence-corrected chi connectivity index (χ0v) is 7.89. The Morgan fingerprint density at radius 2 is 1.81 bits per heavy atom. The molecule has 0 spiro atoms. The first-order chi connectivity index (χ1) is 7.54. The van der Waals surface area contributed by atoms with Gasteiger partial charge in [-0.25, -0.2) is 0 Å². The molecule has 82 valence electrons. The number of rotatable bonds is 2. The Kier molecular flexibility index (Phi) is 2.17. The molecule has 2 heterocycles. The van der Waals surface area contributed by atoms with Crippen molar-refractivity contribution in [3.8, 4) is 0 Å². The zero-order valence-electron chi connectivity index (χ0n) is 7.89. The van der Waals surface area contributed by atoms with E-state index in [1.807, 2.05) is 5.32 Å². The van der Waals surface area contributed by atoms with Crippen molar-refractivity contribution in [1.82, 2.24) is 10.2 Å². The van der Waals surface area contributed by atoms with Crippen LogP contribution in [-0.4, -0.2) is 40.4 Å². The van der Waals surface area contributed by atoms with Crippen LogP contribution >= 0.6 is 0 Å². The SMILES string of the molecule is O=C1C=C(C2=CC(=O)N(CO)C2=O)C(=O)N1. The fourth-order valence-electron chi connectivity index (χ4n) is 1.45. The van der Waals surface area contributed by atoms with Crippen molar-refractivity contribution in [3.05, 3.63) is 23.3 Å². The number of carbonyl (C=O) groups excluding carboxylic acids is 4. The summed E-state index contributed by atoms with van der Waals surface area (Å²) in [7, 11) is 0. The quantitative estimate of drug-likeness (QED) is 0.517. The average Bonchev–Trinajstić information content (AvgIpc) is 2.67. The number of carbonyl (C=O) groups is 4. The molecule has 0 saturated carbocycles. The van der Waals surface area contributed by atoms with Crippen molar-refractivity contribution < 1.29 is 24.3 Å². The third-order valence-corrected chi connectivity index (χ3v) is 2.20. The molecule has 2 aliphatic heterocycles. The second-order valence-corrected chi connectivity index (χ2v) is 3.15. The van der Waals surface area contributed by atoms with E-state index in [0.29, 0.717) is 4.90 Å². The van der Waals surface area contributed by atoms with Crippen molar-refractivity contribution in [1.29, 1.82) is 0 Å². The van der Waals surface area contributed by atoms with Crippen molar-refractivity contribution >= 4 is 23.6 Å². The van der Waals surface area contributed by atoms with E-state index in [1.54, 1.807) is 0 Å². The number of imide groups is 2. The molecule has 0 fully saturated rings. The molecule has 2 rings (SSSR count). The van der Waals surface area contributed by atoms with Crippen molar-refractivity contribution in [3.63, 3.8) is 0 Å². The van der Waals surface area contributed by atoms with Gasteiger partial charge in [0.25, 0.3) is 23.6 Å². The van der Waals surface area contributed by atoms with Gasteiger partial charge in [0.05, 0.1) is 11.1 Å². The lowest BCUT2D eigenvalue weighted by atomic mass is 10.1. The molecule has 2 N–H and O–H groups in total. The van der Waals surface area contributed by atoms with Crippen molar-refractivity contribution in [2.24, 2.45) is 0 Å². The van der Waals surface area contributed by atoms with Crippen molar-refractivity contribution in [2.75, 3.05) is 6.73 Å². The van der Waals surface area contributed by atoms with E-state index in [-0.39, 0.29) is 11.1 Å². The van der Waals surface area contributed by atoms with Gasteiger partial charge in [-0.3, -0.25) is 29.4 Å². The Bertz CT molecular complexity index is 488. The maximum Gasteiger partial charge on any atom is 0.263 e. The van der Waals surface area contributed by atoms with Gasteiger partial charge in [-0.1, -0.05) is 0 Å². The van der Waals surface area contributed by atoms with Crippen LogP contribution in [0, 0.1) is 0 Å². The van der Waals surface area contributed by atoms with Crippen LogP contribution in [0.5, 0.6) is 0 Å². The molecule has 7 nitrogen and oxygen atoms in total. The highest BCUT2D eigenvalue weighted by molar-refractivity contribution is 6.28. The van der Waals surface area contributed by atoms with Crippen LogP contribution in [0.25, 0.3) is 0 Å². The van der Waals surface area contributed by atoms with Gasteiger partial charge in [0.2, 0.25) is 0 Å². The number of amides is 4. The van der Waals surface area contributed by atoms with Gasteiger partial charge in [-0.15, -0.1) is 0 Å². The number of hydrogen-bond acceptors (Lipinski definition) is 5. The summed E-state index contributed by atoms with van der Waals surface area (Å²) in [6.45, 7) is -0.763. The highest BCUT2D eigenvalue weighted by Gasteiger charge is 2.36. The molecular weight excluding hydrogens is 216 g/mol. The lowest BCUT2D eigenvalue weighted by molar-refractivity contribution is -0.141. The smallest absolute Gasteiger partial charge is 0.263 e. The number of aliphatic hydroxyl groups is 1. The maximum absolute atomic E-state index is 11.5. The van der Waals surface area contributed by atoms with Crippen LogP contribution in [0.4, 0.5) is 0 Å². The Morgan fingerprint density at radius 3 is 2.25 bits per heavy atom. The summed E-state index contributed by atoms with van der Waals surface area (Å²) < 4.78 is 0. The Balaban J connectivity index is 2.38. The molecule has 4 amide bonds. The van der Waals surface area contributed by atoms with Gasteiger partial charge in [0, 0.05) is 12.2 Å². The van der Waals surface area contributed by atoms with E-state index >= 15 is 0 Å². The highest BCUT2D eigenvalue weighted by Crippen LogP contribution is 2.22. The van der Waals surface area contributed by atoms with Crippen LogP contribution in [0.3, 0.4) is 0 Å². The second kappa shape index (κ2) is 3.38. The molecule has 0 saturated heterocycles. The van der Waals surface area contributed by atoms with E-state index in [1.165, 1.54) is 0 Å². The van der Waals surface area contributed by atoms with Gasteiger partial charge < -0.3 is 5.11 Å². The lowest BCUT2D eigenvalue weighted by Gasteiger charge is -2.09. The van der Waals surface area contributed by atoms with E-state index < -0.39 is 30.4 Å². The summed E-state index contributed by atoms with van der Waals surface area (Å²) in [4.78, 5) is 45.4. The van der Waals surface area contributed by atoms with Crippen LogP contribution < -0.4 is 5.32 Å². The molecule has 0 bridgehead atoms. The summed E-state index contributed by atoms with van der Waals surface area (Å²) in [5.74, 6) is -2.86. The molecular formula is C9H6N2O5. The largest absolute Gasteiger partial charge is 0.376 e. The molecule has 0 aromatic rings. The minimum Gasteiger partial charge on any atom is -0.376 e. The number of aliphatic hydroxyl groups excluding tert-OH is 1. The Morgan fingerprint density at radius 1 is 1.12 bits per heavy atom. The van der Waals surface area contributed by atoms with Crippen LogP contribution in [0.2, 0.25) is 0 Å². The van der Waals surface area contributed by atoms with E-state index in [2.05, 4.69) is 0 Å². The predicted molar refractivity (Wildman–Crippen MR) is 48.3 cm³/mol. The second-order valence-electron chi connectivity index (χ2n) is 3.15. The van der Waals surface area contributed by atoms with Gasteiger partial charge in [-0.2, -0.15) is 0 Å². The average molecular weight is 222 g/mol. The highest BCUT2D eigenvalue weighted by atomic mass is 16.3. The normalized spacial score (nSPS) is 20.2. The zero-order chi connectivity index (χ0) is 11.9. The molecule has 0 radical (unpaired) electrons. The monoisotopic (exact) mass is 222 g/mol.